The lowest BCUT2D eigenvalue weighted by atomic mass is 10.1. The van der Waals surface area contributed by atoms with Crippen LogP contribution >= 0.6 is 0 Å². The Balaban J connectivity index is 2.06. The summed E-state index contributed by atoms with van der Waals surface area (Å²) in [4.78, 5) is 26.8. The van der Waals surface area contributed by atoms with E-state index in [0.29, 0.717) is 23.7 Å². The summed E-state index contributed by atoms with van der Waals surface area (Å²) >= 11 is 0. The van der Waals surface area contributed by atoms with Crippen LogP contribution in [0.15, 0.2) is 48.5 Å². The van der Waals surface area contributed by atoms with E-state index in [9.17, 15) is 9.59 Å². The van der Waals surface area contributed by atoms with Gasteiger partial charge in [0.1, 0.15) is 17.9 Å². The molecule has 0 radical (unpaired) electrons. The highest BCUT2D eigenvalue weighted by atomic mass is 16.5. The second-order valence-corrected chi connectivity index (χ2v) is 6.39. The van der Waals surface area contributed by atoms with Crippen LogP contribution in [0.1, 0.15) is 25.8 Å². The molecule has 2 aromatic carbocycles. The molecule has 27 heavy (non-hydrogen) atoms. The fraction of sp³-hybridized carbons (Fsp3) is 0.333. The maximum atomic E-state index is 12.7. The van der Waals surface area contributed by atoms with Gasteiger partial charge >= 0.3 is 0 Å². The molecule has 0 saturated carbocycles. The van der Waals surface area contributed by atoms with Crippen LogP contribution in [0.5, 0.6) is 11.5 Å². The number of carbonyl (C=O) groups excluding carboxylic acids is 2. The van der Waals surface area contributed by atoms with E-state index in [0.717, 1.165) is 5.56 Å². The van der Waals surface area contributed by atoms with Gasteiger partial charge in [-0.2, -0.15) is 0 Å². The van der Waals surface area contributed by atoms with E-state index in [1.165, 1.54) is 7.11 Å². The van der Waals surface area contributed by atoms with Crippen LogP contribution in [0.3, 0.4) is 0 Å². The summed E-state index contributed by atoms with van der Waals surface area (Å²) < 4.78 is 10.4. The van der Waals surface area contributed by atoms with Gasteiger partial charge in [0.15, 0.2) is 0 Å². The molecule has 144 valence electrons. The van der Waals surface area contributed by atoms with Crippen LogP contribution in [-0.2, 0) is 16.1 Å². The van der Waals surface area contributed by atoms with Crippen molar-refractivity contribution in [3.05, 3.63) is 54.1 Å². The average Bonchev–Trinajstić information content (AvgIpc) is 2.66. The Hall–Kier alpha value is -3.02. The van der Waals surface area contributed by atoms with Gasteiger partial charge in [0.05, 0.1) is 19.9 Å². The predicted molar refractivity (Wildman–Crippen MR) is 105 cm³/mol. The molecule has 0 saturated heterocycles. The minimum atomic E-state index is -0.398. The normalized spacial score (nSPS) is 10.4. The summed E-state index contributed by atoms with van der Waals surface area (Å²) in [6, 6.07) is 14.8. The Kier molecular flexibility index (Phi) is 7.23. The van der Waals surface area contributed by atoms with Gasteiger partial charge in [-0.15, -0.1) is 0 Å². The van der Waals surface area contributed by atoms with Crippen molar-refractivity contribution in [3.8, 4) is 11.5 Å². The van der Waals surface area contributed by atoms with Gasteiger partial charge in [-0.25, -0.2) is 0 Å². The number of ether oxygens (including phenoxy) is 2. The van der Waals surface area contributed by atoms with E-state index in [1.54, 1.807) is 30.2 Å². The molecule has 0 spiro atoms. The third kappa shape index (κ3) is 5.74. The van der Waals surface area contributed by atoms with Crippen molar-refractivity contribution in [2.45, 2.75) is 32.9 Å². The van der Waals surface area contributed by atoms with Crippen LogP contribution < -0.4 is 14.8 Å². The fourth-order valence-electron chi connectivity index (χ4n) is 2.68. The number of nitrogens with zero attached hydrogens (tertiary/aromatic N) is 1. The molecule has 0 atom stereocenters. The van der Waals surface area contributed by atoms with E-state index >= 15 is 0 Å². The highest BCUT2D eigenvalue weighted by molar-refractivity contribution is 6.04. The first kappa shape index (κ1) is 20.3. The van der Waals surface area contributed by atoms with Gasteiger partial charge in [0.25, 0.3) is 0 Å². The minimum Gasteiger partial charge on any atom is -0.497 e. The molecule has 6 nitrogen and oxygen atoms in total. The van der Waals surface area contributed by atoms with Crippen molar-refractivity contribution >= 4 is 17.5 Å². The molecule has 6 heteroatoms. The molecule has 2 rings (SSSR count). The summed E-state index contributed by atoms with van der Waals surface area (Å²) in [5, 5.41) is 2.73. The summed E-state index contributed by atoms with van der Waals surface area (Å²) in [6.07, 6.45) is -0.245. The molecular formula is C21H26N2O4. The molecule has 0 fully saturated rings. The molecule has 2 aromatic rings. The number of nitrogens with one attached hydrogen (secondary N) is 1. The first-order valence-corrected chi connectivity index (χ1v) is 8.80. The Morgan fingerprint density at radius 1 is 1.04 bits per heavy atom. The second kappa shape index (κ2) is 9.62. The van der Waals surface area contributed by atoms with E-state index in [1.807, 2.05) is 44.2 Å². The zero-order valence-electron chi connectivity index (χ0n) is 16.2. The maximum Gasteiger partial charge on any atom is 0.233 e. The Morgan fingerprint density at radius 3 is 2.33 bits per heavy atom. The molecule has 0 aliphatic rings. The predicted octanol–water partition coefficient (Wildman–Crippen LogP) is 3.47. The third-order valence-corrected chi connectivity index (χ3v) is 4.13. The number of methoxy groups -OCH3 is 2. The van der Waals surface area contributed by atoms with Gasteiger partial charge in [-0.05, 0) is 31.5 Å². The lowest BCUT2D eigenvalue weighted by molar-refractivity contribution is -0.136. The quantitative estimate of drug-likeness (QED) is 0.723. The first-order chi connectivity index (χ1) is 12.9. The average molecular weight is 370 g/mol. The number of hydrogen-bond acceptors (Lipinski definition) is 4. The monoisotopic (exact) mass is 370 g/mol. The minimum absolute atomic E-state index is 0.0168. The molecule has 0 bridgehead atoms. The first-order valence-electron chi connectivity index (χ1n) is 8.80. The summed E-state index contributed by atoms with van der Waals surface area (Å²) in [5.74, 6) is 0.463. The van der Waals surface area contributed by atoms with Gasteiger partial charge in [0.2, 0.25) is 11.8 Å². The number of rotatable bonds is 8. The topological polar surface area (TPSA) is 67.9 Å². The number of hydrogen-bond donors (Lipinski definition) is 1. The molecule has 1 N–H and O–H groups in total. The van der Waals surface area contributed by atoms with Gasteiger partial charge in [-0.1, -0.05) is 30.3 Å². The Morgan fingerprint density at radius 2 is 1.74 bits per heavy atom. The molecule has 0 aliphatic carbocycles. The largest absolute Gasteiger partial charge is 0.497 e. The van der Waals surface area contributed by atoms with Crippen LogP contribution in [-0.4, -0.2) is 37.0 Å². The fourth-order valence-corrected chi connectivity index (χ4v) is 2.68. The molecule has 0 aliphatic heterocycles. The highest BCUT2D eigenvalue weighted by Gasteiger charge is 2.21. The van der Waals surface area contributed by atoms with Crippen LogP contribution in [0.4, 0.5) is 5.69 Å². The lowest BCUT2D eigenvalue weighted by Crippen LogP contribution is -2.38. The molecule has 2 amide bonds. The van der Waals surface area contributed by atoms with Crippen molar-refractivity contribution in [1.29, 1.82) is 0 Å². The van der Waals surface area contributed by atoms with E-state index in [2.05, 4.69) is 5.32 Å². The van der Waals surface area contributed by atoms with Gasteiger partial charge < -0.3 is 19.7 Å². The summed E-state index contributed by atoms with van der Waals surface area (Å²) in [7, 11) is 3.06. The third-order valence-electron chi connectivity index (χ3n) is 4.13. The Bertz CT molecular complexity index is 775. The van der Waals surface area contributed by atoms with E-state index in [-0.39, 0.29) is 18.4 Å². The van der Waals surface area contributed by atoms with E-state index in [4.69, 9.17) is 9.47 Å². The molecule has 0 unspecified atom stereocenters. The second-order valence-electron chi connectivity index (χ2n) is 6.39. The number of benzene rings is 2. The van der Waals surface area contributed by atoms with Gasteiger partial charge in [0, 0.05) is 18.7 Å². The lowest BCUT2D eigenvalue weighted by Gasteiger charge is -2.27. The van der Waals surface area contributed by atoms with E-state index < -0.39 is 5.91 Å². The van der Waals surface area contributed by atoms with Gasteiger partial charge in [-0.3, -0.25) is 9.59 Å². The van der Waals surface area contributed by atoms with Crippen molar-refractivity contribution in [1.82, 2.24) is 4.90 Å². The standard InChI is InChI=1S/C21H26N2O4/c1-15(2)23(14-16-8-6-5-7-9-16)21(25)13-20(24)22-18-12-17(26-3)10-11-19(18)27-4/h5-12,15H,13-14H2,1-4H3,(H,22,24). The molecule has 0 heterocycles. The summed E-state index contributed by atoms with van der Waals surface area (Å²) in [5.41, 5.74) is 1.49. The molecular weight excluding hydrogens is 344 g/mol. The smallest absolute Gasteiger partial charge is 0.233 e. The highest BCUT2D eigenvalue weighted by Crippen LogP contribution is 2.29. The number of carbonyl (C=O) groups is 2. The van der Waals surface area contributed by atoms with Crippen LogP contribution in [0, 0.1) is 0 Å². The maximum absolute atomic E-state index is 12.7. The zero-order valence-corrected chi connectivity index (χ0v) is 16.2. The van der Waals surface area contributed by atoms with Crippen LogP contribution in [0.25, 0.3) is 0 Å². The SMILES string of the molecule is COc1ccc(OC)c(NC(=O)CC(=O)N(Cc2ccccc2)C(C)C)c1. The van der Waals surface area contributed by atoms with Crippen molar-refractivity contribution in [2.75, 3.05) is 19.5 Å². The van der Waals surface area contributed by atoms with Crippen molar-refractivity contribution in [3.63, 3.8) is 0 Å². The number of amides is 2. The summed E-state index contributed by atoms with van der Waals surface area (Å²) in [6.45, 7) is 4.33. The van der Waals surface area contributed by atoms with Crippen molar-refractivity contribution < 1.29 is 19.1 Å². The molecule has 0 aromatic heterocycles. The zero-order chi connectivity index (χ0) is 19.8. The Labute approximate surface area is 160 Å². The van der Waals surface area contributed by atoms with Crippen molar-refractivity contribution in [2.24, 2.45) is 0 Å². The van der Waals surface area contributed by atoms with Crippen LogP contribution in [0.2, 0.25) is 0 Å². The number of anilines is 1.